The Bertz CT molecular complexity index is 1110. The molecule has 0 saturated carbocycles. The lowest BCUT2D eigenvalue weighted by Crippen LogP contribution is -2.61. The summed E-state index contributed by atoms with van der Waals surface area (Å²) in [6, 6.07) is 0. The van der Waals surface area contributed by atoms with Crippen LogP contribution in [0, 0.1) is 0 Å². The lowest BCUT2D eigenvalue weighted by atomic mass is 9.98. The summed E-state index contributed by atoms with van der Waals surface area (Å²) in [7, 11) is 0. The zero-order chi connectivity index (χ0) is 46.1. The number of unbranched alkanes of at least 4 members (excludes halogenated alkanes) is 25. The molecule has 0 aromatic carbocycles. The molecule has 63 heavy (non-hydrogen) atoms. The van der Waals surface area contributed by atoms with Crippen LogP contribution < -0.4 is 0 Å². The van der Waals surface area contributed by atoms with E-state index in [1.807, 2.05) is 0 Å². The van der Waals surface area contributed by atoms with Crippen LogP contribution in [0.5, 0.6) is 0 Å². The fourth-order valence-corrected chi connectivity index (χ4v) is 8.16. The summed E-state index contributed by atoms with van der Waals surface area (Å²) in [4.78, 5) is 25.4. The molecule has 7 N–H and O–H groups in total. The van der Waals surface area contributed by atoms with Gasteiger partial charge in [0.25, 0.3) is 0 Å². The summed E-state index contributed by atoms with van der Waals surface area (Å²) in [5.74, 6) is -0.927. The largest absolute Gasteiger partial charge is 0.462 e. The molecular weight excluding hydrogens is 817 g/mol. The third-order valence-electron chi connectivity index (χ3n) is 12.3. The fourth-order valence-electron chi connectivity index (χ4n) is 8.16. The van der Waals surface area contributed by atoms with Crippen LogP contribution in [0.4, 0.5) is 0 Å². The molecule has 2 heterocycles. The van der Waals surface area contributed by atoms with E-state index in [2.05, 4.69) is 13.8 Å². The van der Waals surface area contributed by atoms with Gasteiger partial charge in [0, 0.05) is 12.8 Å². The predicted octanol–water partition coefficient (Wildman–Crippen LogP) is 6.43. The van der Waals surface area contributed by atoms with E-state index < -0.39 is 92.7 Å². The molecule has 2 aliphatic rings. The van der Waals surface area contributed by atoms with Gasteiger partial charge >= 0.3 is 11.9 Å². The van der Waals surface area contributed by atoms with E-state index in [9.17, 15) is 45.3 Å². The van der Waals surface area contributed by atoms with Crippen LogP contribution in [-0.2, 0) is 38.0 Å². The van der Waals surface area contributed by atoms with Gasteiger partial charge in [-0.15, -0.1) is 0 Å². The first-order chi connectivity index (χ1) is 30.5. The Morgan fingerprint density at radius 2 is 0.810 bits per heavy atom. The van der Waals surface area contributed by atoms with E-state index in [1.165, 1.54) is 116 Å². The molecule has 0 bridgehead atoms. The molecule has 15 nitrogen and oxygen atoms in total. The number of hydrogen-bond acceptors (Lipinski definition) is 15. The summed E-state index contributed by atoms with van der Waals surface area (Å²) in [6.45, 7) is 2.51. The highest BCUT2D eigenvalue weighted by atomic mass is 16.7. The average molecular weight is 907 g/mol. The first-order valence-electron chi connectivity index (χ1n) is 25.1. The number of carbonyl (C=O) groups excluding carboxylic acids is 2. The number of aliphatic hydroxyl groups is 7. The van der Waals surface area contributed by atoms with Crippen LogP contribution in [0.3, 0.4) is 0 Å². The zero-order valence-corrected chi connectivity index (χ0v) is 39.1. The van der Waals surface area contributed by atoms with E-state index in [1.54, 1.807) is 0 Å². The van der Waals surface area contributed by atoms with E-state index in [-0.39, 0.29) is 26.1 Å². The van der Waals surface area contributed by atoms with Gasteiger partial charge in [0.05, 0.1) is 19.8 Å². The smallest absolute Gasteiger partial charge is 0.306 e. The van der Waals surface area contributed by atoms with E-state index >= 15 is 0 Å². The third-order valence-corrected chi connectivity index (χ3v) is 12.3. The zero-order valence-electron chi connectivity index (χ0n) is 39.1. The van der Waals surface area contributed by atoms with Gasteiger partial charge in [0.2, 0.25) is 0 Å². The summed E-state index contributed by atoms with van der Waals surface area (Å²) in [5.41, 5.74) is 0. The number of esters is 2. The Balaban J connectivity index is 1.69. The maximum Gasteiger partial charge on any atom is 0.306 e. The fraction of sp³-hybridized carbons (Fsp3) is 0.958. The van der Waals surface area contributed by atoms with Crippen molar-refractivity contribution < 1.29 is 73.8 Å². The van der Waals surface area contributed by atoms with Crippen LogP contribution in [0.25, 0.3) is 0 Å². The number of hydrogen-bond donors (Lipinski definition) is 7. The van der Waals surface area contributed by atoms with Gasteiger partial charge in [-0.3, -0.25) is 9.59 Å². The second-order valence-electron chi connectivity index (χ2n) is 18.0. The SMILES string of the molecule is CCCCCCCCCCCCCCCCCCCCCCCCC(=O)OC(COC(=O)CCCCCCC)COC1OC(COC2OC(CO)C(O)C(O)C2O)C(O)C(O)C1O. The maximum absolute atomic E-state index is 12.9. The number of ether oxygens (including phenoxy) is 6. The molecule has 0 aliphatic carbocycles. The maximum atomic E-state index is 12.9. The first-order valence-corrected chi connectivity index (χ1v) is 25.1. The second kappa shape index (κ2) is 36.6. The number of rotatable bonds is 39. The third kappa shape index (κ3) is 25.3. The van der Waals surface area contributed by atoms with E-state index in [4.69, 9.17) is 28.4 Å². The average Bonchev–Trinajstić information content (AvgIpc) is 3.28. The van der Waals surface area contributed by atoms with Crippen LogP contribution in [0.1, 0.15) is 200 Å². The van der Waals surface area contributed by atoms with Gasteiger partial charge in [-0.1, -0.05) is 174 Å². The lowest BCUT2D eigenvalue weighted by molar-refractivity contribution is -0.332. The Morgan fingerprint density at radius 1 is 0.444 bits per heavy atom. The van der Waals surface area contributed by atoms with Crippen molar-refractivity contribution in [3.63, 3.8) is 0 Å². The number of aliphatic hydroxyl groups excluding tert-OH is 7. The minimum atomic E-state index is -1.76. The molecule has 372 valence electrons. The molecule has 0 radical (unpaired) electrons. The molecule has 2 saturated heterocycles. The lowest BCUT2D eigenvalue weighted by Gasteiger charge is -2.42. The van der Waals surface area contributed by atoms with Crippen molar-refractivity contribution in [2.45, 2.75) is 268 Å². The highest BCUT2D eigenvalue weighted by Gasteiger charge is 2.47. The highest BCUT2D eigenvalue weighted by molar-refractivity contribution is 5.70. The Kier molecular flexibility index (Phi) is 33.5. The molecule has 0 aromatic rings. The van der Waals surface area contributed by atoms with Crippen LogP contribution in [-0.4, -0.2) is 142 Å². The van der Waals surface area contributed by atoms with Crippen molar-refractivity contribution >= 4 is 11.9 Å². The normalized spacial score (nSPS) is 26.7. The standard InChI is InChI=1S/C48H90O15/c1-3-5-7-9-10-11-12-13-14-15-16-17-18-19-20-21-22-23-24-25-27-29-31-40(51)61-36(33-58-39(50)30-28-26-8-6-4-2)34-59-47-46(57)44(55)42(53)38(63-47)35-60-48-45(56)43(54)41(52)37(32-49)62-48/h36-38,41-49,52-57H,3-35H2,1-2H3. The van der Waals surface area contributed by atoms with Gasteiger partial charge in [-0.05, 0) is 12.8 Å². The minimum Gasteiger partial charge on any atom is -0.462 e. The molecule has 0 amide bonds. The van der Waals surface area contributed by atoms with E-state index in [0.717, 1.165) is 44.9 Å². The Labute approximate surface area is 378 Å². The molecule has 2 aliphatic heterocycles. The summed E-state index contributed by atoms with van der Waals surface area (Å²) >= 11 is 0. The predicted molar refractivity (Wildman–Crippen MR) is 238 cm³/mol. The molecule has 15 heteroatoms. The molecule has 2 rings (SSSR count). The van der Waals surface area contributed by atoms with Crippen LogP contribution in [0.2, 0.25) is 0 Å². The molecular formula is C48H90O15. The van der Waals surface area contributed by atoms with Crippen LogP contribution >= 0.6 is 0 Å². The molecule has 2 fully saturated rings. The van der Waals surface area contributed by atoms with Crippen molar-refractivity contribution in [3.8, 4) is 0 Å². The first kappa shape index (κ1) is 57.6. The van der Waals surface area contributed by atoms with E-state index in [0.29, 0.717) is 12.8 Å². The van der Waals surface area contributed by atoms with Crippen molar-refractivity contribution in [1.29, 1.82) is 0 Å². The van der Waals surface area contributed by atoms with Gasteiger partial charge in [0.1, 0.15) is 55.4 Å². The molecule has 0 spiro atoms. The Morgan fingerprint density at radius 3 is 1.24 bits per heavy atom. The summed E-state index contributed by atoms with van der Waals surface area (Å²) in [6.07, 6.45) is 16.4. The van der Waals surface area contributed by atoms with Gasteiger partial charge in [-0.25, -0.2) is 0 Å². The second-order valence-corrected chi connectivity index (χ2v) is 18.0. The van der Waals surface area contributed by atoms with Gasteiger partial charge < -0.3 is 64.2 Å². The van der Waals surface area contributed by atoms with Crippen molar-refractivity contribution in [2.24, 2.45) is 0 Å². The molecule has 11 unspecified atom stereocenters. The highest BCUT2D eigenvalue weighted by Crippen LogP contribution is 2.26. The monoisotopic (exact) mass is 907 g/mol. The minimum absolute atomic E-state index is 0.172. The van der Waals surface area contributed by atoms with Crippen molar-refractivity contribution in [1.82, 2.24) is 0 Å². The summed E-state index contributed by atoms with van der Waals surface area (Å²) < 4.78 is 33.4. The van der Waals surface area contributed by atoms with Crippen LogP contribution in [0.15, 0.2) is 0 Å². The topological polar surface area (TPSA) is 231 Å². The van der Waals surface area contributed by atoms with Crippen molar-refractivity contribution in [2.75, 3.05) is 26.4 Å². The quantitative estimate of drug-likeness (QED) is 0.0260. The summed E-state index contributed by atoms with van der Waals surface area (Å²) in [5, 5.41) is 71.8. The van der Waals surface area contributed by atoms with Gasteiger partial charge in [0.15, 0.2) is 18.7 Å². The van der Waals surface area contributed by atoms with Gasteiger partial charge in [-0.2, -0.15) is 0 Å². The molecule has 11 atom stereocenters. The van der Waals surface area contributed by atoms with Crippen molar-refractivity contribution in [3.05, 3.63) is 0 Å². The molecule has 0 aromatic heterocycles. The number of carbonyl (C=O) groups is 2. The Hall–Kier alpha value is -1.50.